The lowest BCUT2D eigenvalue weighted by atomic mass is 9.79. The van der Waals surface area contributed by atoms with Crippen molar-refractivity contribution in [3.63, 3.8) is 0 Å². The fourth-order valence-corrected chi connectivity index (χ4v) is 3.68. The molecule has 0 aliphatic heterocycles. The molecule has 1 amide bonds. The molecule has 0 bridgehead atoms. The maximum Gasteiger partial charge on any atom is 0.231 e. The Kier molecular flexibility index (Phi) is 8.71. The lowest BCUT2D eigenvalue weighted by molar-refractivity contribution is -0.135. The highest BCUT2D eigenvalue weighted by molar-refractivity contribution is 5.85. The van der Waals surface area contributed by atoms with Crippen LogP contribution in [-0.2, 0) is 9.53 Å². The van der Waals surface area contributed by atoms with E-state index in [0.717, 1.165) is 11.1 Å². The van der Waals surface area contributed by atoms with Crippen molar-refractivity contribution in [2.45, 2.75) is 52.0 Å². The number of hydrogen-bond acceptors (Lipinski definition) is 4. The molecule has 0 aliphatic rings. The Morgan fingerprint density at radius 1 is 1.17 bits per heavy atom. The Morgan fingerprint density at radius 3 is 2.41 bits per heavy atom. The maximum atomic E-state index is 13.7. The van der Waals surface area contributed by atoms with Crippen molar-refractivity contribution in [3.8, 4) is 0 Å². The Labute approximate surface area is 174 Å². The minimum Gasteiger partial charge on any atom is -0.497 e. The third-order valence-electron chi connectivity index (χ3n) is 5.18. The average Bonchev–Trinajstić information content (AvgIpc) is 2.74. The first-order valence-electron chi connectivity index (χ1n) is 10.3. The second kappa shape index (κ2) is 11.2. The van der Waals surface area contributed by atoms with Gasteiger partial charge in [0.15, 0.2) is 0 Å². The zero-order valence-electron chi connectivity index (χ0n) is 17.9. The number of aromatic nitrogens is 1. The highest BCUT2D eigenvalue weighted by Crippen LogP contribution is 2.37. The van der Waals surface area contributed by atoms with Crippen LogP contribution in [0.25, 0.3) is 0 Å². The summed E-state index contributed by atoms with van der Waals surface area (Å²) in [5.41, 5.74) is 7.58. The van der Waals surface area contributed by atoms with E-state index in [1.807, 2.05) is 49.1 Å². The molecule has 0 spiro atoms. The van der Waals surface area contributed by atoms with Gasteiger partial charge >= 0.3 is 0 Å². The van der Waals surface area contributed by atoms with Crippen molar-refractivity contribution < 1.29 is 9.53 Å². The normalized spacial score (nSPS) is 13.8. The van der Waals surface area contributed by atoms with Crippen molar-refractivity contribution in [3.05, 3.63) is 77.9 Å². The molecule has 2 unspecified atom stereocenters. The van der Waals surface area contributed by atoms with E-state index in [-0.39, 0.29) is 23.8 Å². The van der Waals surface area contributed by atoms with Gasteiger partial charge in [-0.2, -0.15) is 0 Å². The first-order valence-corrected chi connectivity index (χ1v) is 10.3. The van der Waals surface area contributed by atoms with E-state index in [1.165, 1.54) is 6.20 Å². The van der Waals surface area contributed by atoms with Crippen LogP contribution in [0.1, 0.15) is 57.1 Å². The van der Waals surface area contributed by atoms with E-state index in [4.69, 9.17) is 10.5 Å². The van der Waals surface area contributed by atoms with Crippen LogP contribution in [0.2, 0.25) is 0 Å². The highest BCUT2D eigenvalue weighted by atomic mass is 16.5. The fourth-order valence-electron chi connectivity index (χ4n) is 3.68. The molecule has 2 N–H and O–H groups in total. The molecule has 0 fully saturated rings. The van der Waals surface area contributed by atoms with Crippen molar-refractivity contribution in [2.24, 2.45) is 5.73 Å². The number of allylic oxidation sites excluding steroid dienone is 1. The van der Waals surface area contributed by atoms with Gasteiger partial charge in [-0.25, -0.2) is 0 Å². The number of amides is 1. The first-order chi connectivity index (χ1) is 14.0. The van der Waals surface area contributed by atoms with Gasteiger partial charge in [-0.1, -0.05) is 36.4 Å². The van der Waals surface area contributed by atoms with Gasteiger partial charge in [0.05, 0.1) is 12.5 Å². The summed E-state index contributed by atoms with van der Waals surface area (Å²) in [6.45, 7) is 9.11. The molecule has 1 aromatic heterocycles. The lowest BCUT2D eigenvalue weighted by Crippen LogP contribution is -2.41. The molecule has 1 aromatic carbocycles. The summed E-state index contributed by atoms with van der Waals surface area (Å²) >= 11 is 0. The quantitative estimate of drug-likeness (QED) is 0.604. The summed E-state index contributed by atoms with van der Waals surface area (Å²) in [4.78, 5) is 19.9. The van der Waals surface area contributed by atoms with Crippen molar-refractivity contribution in [1.29, 1.82) is 0 Å². The third kappa shape index (κ3) is 6.08. The predicted molar refractivity (Wildman–Crippen MR) is 117 cm³/mol. The minimum atomic E-state index is -0.334. The van der Waals surface area contributed by atoms with E-state index < -0.39 is 0 Å². The summed E-state index contributed by atoms with van der Waals surface area (Å²) < 4.78 is 5.74. The van der Waals surface area contributed by atoms with Crippen molar-refractivity contribution >= 4 is 5.91 Å². The number of nitrogens with two attached hydrogens (primary N) is 1. The van der Waals surface area contributed by atoms with E-state index in [1.54, 1.807) is 12.4 Å². The van der Waals surface area contributed by atoms with Gasteiger partial charge in [0.1, 0.15) is 5.76 Å². The Bertz CT molecular complexity index is 775. The van der Waals surface area contributed by atoms with Crippen LogP contribution < -0.4 is 5.73 Å². The fraction of sp³-hybridized carbons (Fsp3) is 0.417. The van der Waals surface area contributed by atoms with E-state index in [2.05, 4.69) is 31.0 Å². The summed E-state index contributed by atoms with van der Waals surface area (Å²) in [6, 6.07) is 14.2. The number of carbonyl (C=O) groups excluding carboxylic acids is 1. The van der Waals surface area contributed by atoms with Crippen LogP contribution in [0.5, 0.6) is 0 Å². The van der Waals surface area contributed by atoms with E-state index >= 15 is 0 Å². The molecule has 0 aliphatic carbocycles. The zero-order chi connectivity index (χ0) is 21.2. The number of ether oxygens (including phenoxy) is 1. The van der Waals surface area contributed by atoms with E-state index in [0.29, 0.717) is 25.3 Å². The monoisotopic (exact) mass is 395 g/mol. The average molecular weight is 396 g/mol. The number of nitrogens with zero attached hydrogens (tertiary/aromatic N) is 2. The lowest BCUT2D eigenvalue weighted by Gasteiger charge is -2.34. The molecule has 2 rings (SSSR count). The molecule has 2 atom stereocenters. The predicted octanol–water partition coefficient (Wildman–Crippen LogP) is 4.43. The van der Waals surface area contributed by atoms with Crippen LogP contribution in [0.3, 0.4) is 0 Å². The summed E-state index contributed by atoms with van der Waals surface area (Å²) in [5, 5.41) is 0. The summed E-state index contributed by atoms with van der Waals surface area (Å²) in [7, 11) is 0. The number of carbonyl (C=O) groups is 1. The highest BCUT2D eigenvalue weighted by Gasteiger charge is 2.34. The van der Waals surface area contributed by atoms with Crippen LogP contribution >= 0.6 is 0 Å². The van der Waals surface area contributed by atoms with Gasteiger partial charge in [0.25, 0.3) is 0 Å². The van der Waals surface area contributed by atoms with Crippen molar-refractivity contribution in [1.82, 2.24) is 9.88 Å². The second-order valence-electron chi connectivity index (χ2n) is 7.41. The molecule has 5 heteroatoms. The van der Waals surface area contributed by atoms with Gasteiger partial charge < -0.3 is 15.4 Å². The van der Waals surface area contributed by atoms with Gasteiger partial charge in [-0.05, 0) is 51.3 Å². The van der Waals surface area contributed by atoms with Crippen LogP contribution in [0, 0.1) is 0 Å². The summed E-state index contributed by atoms with van der Waals surface area (Å²) in [6.07, 6.45) is 5.69. The molecule has 156 valence electrons. The number of hydrogen-bond donors (Lipinski definition) is 1. The van der Waals surface area contributed by atoms with Crippen LogP contribution in [0.4, 0.5) is 0 Å². The van der Waals surface area contributed by atoms with Gasteiger partial charge in [0.2, 0.25) is 5.91 Å². The zero-order valence-corrected chi connectivity index (χ0v) is 17.9. The molecule has 0 saturated carbocycles. The van der Waals surface area contributed by atoms with Crippen LogP contribution in [0.15, 0.2) is 66.8 Å². The van der Waals surface area contributed by atoms with Gasteiger partial charge in [-0.3, -0.25) is 9.78 Å². The second-order valence-corrected chi connectivity index (χ2v) is 7.41. The Hall–Kier alpha value is -2.82. The van der Waals surface area contributed by atoms with Crippen molar-refractivity contribution in [2.75, 3.05) is 13.2 Å². The number of benzene rings is 1. The molecule has 2 aromatic rings. The SMILES string of the molecule is CCN(C(=O)C(c1cccnc1)C(CCO/C(C)=C\N)c1ccccc1)C(C)C. The summed E-state index contributed by atoms with van der Waals surface area (Å²) in [5.74, 6) is 0.430. The Morgan fingerprint density at radius 2 is 1.86 bits per heavy atom. The van der Waals surface area contributed by atoms with E-state index in [9.17, 15) is 4.79 Å². The molecule has 0 radical (unpaired) electrons. The smallest absolute Gasteiger partial charge is 0.231 e. The molecule has 5 nitrogen and oxygen atoms in total. The first kappa shape index (κ1) is 22.5. The molecular weight excluding hydrogens is 362 g/mol. The Balaban J connectivity index is 2.46. The number of pyridine rings is 1. The third-order valence-corrected chi connectivity index (χ3v) is 5.18. The van der Waals surface area contributed by atoms with Gasteiger partial charge in [0, 0.05) is 37.1 Å². The number of rotatable bonds is 10. The molecule has 1 heterocycles. The largest absolute Gasteiger partial charge is 0.497 e. The van der Waals surface area contributed by atoms with Gasteiger partial charge in [-0.15, -0.1) is 0 Å². The standard InChI is InChI=1S/C24H33N3O2/c1-5-27(18(2)3)24(28)23(21-12-9-14-26-17-21)22(13-15-29-19(4)16-25)20-10-7-6-8-11-20/h6-12,14,16-18,22-23H,5,13,15,25H2,1-4H3/b19-16-. The van der Waals surface area contributed by atoms with Crippen LogP contribution in [-0.4, -0.2) is 35.0 Å². The number of likely N-dealkylation sites (N-methyl/N-ethyl adjacent to an activating group) is 1. The minimum absolute atomic E-state index is 0.0359. The molecule has 29 heavy (non-hydrogen) atoms. The maximum absolute atomic E-state index is 13.7. The molecule has 0 saturated heterocycles. The topological polar surface area (TPSA) is 68.5 Å². The molecular formula is C24H33N3O2.